The molecule has 0 aliphatic carbocycles. The van der Waals surface area contributed by atoms with Crippen molar-refractivity contribution in [1.29, 1.82) is 0 Å². The van der Waals surface area contributed by atoms with Gasteiger partial charge in [0.15, 0.2) is 0 Å². The Morgan fingerprint density at radius 3 is 3.08 bits per heavy atom. The molecule has 0 aromatic carbocycles. The second kappa shape index (κ2) is 3.94. The van der Waals surface area contributed by atoms with E-state index in [0.717, 1.165) is 19.3 Å². The summed E-state index contributed by atoms with van der Waals surface area (Å²) < 4.78 is 5.19. The maximum absolute atomic E-state index is 10.9. The number of ether oxygens (including phenoxy) is 1. The summed E-state index contributed by atoms with van der Waals surface area (Å²) in [6.45, 7) is 1.95. The lowest BCUT2D eigenvalue weighted by molar-refractivity contribution is -0.153. The van der Waals surface area contributed by atoms with Crippen LogP contribution in [0.25, 0.3) is 0 Å². The number of rotatable bonds is 3. The molecule has 0 fully saturated rings. The Balaban J connectivity index is 2.48. The molecule has 1 rings (SSSR count). The first-order valence-corrected chi connectivity index (χ1v) is 4.65. The first-order chi connectivity index (χ1) is 5.66. The van der Waals surface area contributed by atoms with Crippen molar-refractivity contribution >= 4 is 17.6 Å². The predicted octanol–water partition coefficient (Wildman–Crippen LogP) is 2.27. The lowest BCUT2D eigenvalue weighted by Crippen LogP contribution is -2.33. The van der Waals surface area contributed by atoms with Crippen LogP contribution in [0.5, 0.6) is 0 Å². The van der Waals surface area contributed by atoms with E-state index in [2.05, 4.69) is 0 Å². The van der Waals surface area contributed by atoms with Crippen molar-refractivity contribution in [1.82, 2.24) is 0 Å². The highest BCUT2D eigenvalue weighted by atomic mass is 35.5. The summed E-state index contributed by atoms with van der Waals surface area (Å²) in [5.41, 5.74) is -0.319. The molecule has 0 spiro atoms. The van der Waals surface area contributed by atoms with E-state index in [4.69, 9.17) is 16.3 Å². The average Bonchev–Trinajstić information content (AvgIpc) is 2.01. The molecule has 1 atom stereocenters. The van der Waals surface area contributed by atoms with Crippen molar-refractivity contribution in [2.75, 3.05) is 5.88 Å². The minimum Gasteiger partial charge on any atom is -0.456 e. The Morgan fingerprint density at radius 1 is 1.75 bits per heavy atom. The fourth-order valence-corrected chi connectivity index (χ4v) is 1.45. The summed E-state index contributed by atoms with van der Waals surface area (Å²) in [7, 11) is 0. The second-order valence-electron chi connectivity index (χ2n) is 3.27. The van der Waals surface area contributed by atoms with Gasteiger partial charge in [-0.15, -0.1) is 11.6 Å². The van der Waals surface area contributed by atoms with Crippen LogP contribution in [0.15, 0.2) is 12.2 Å². The first kappa shape index (κ1) is 9.59. The van der Waals surface area contributed by atoms with Crippen LogP contribution >= 0.6 is 11.6 Å². The summed E-state index contributed by atoms with van der Waals surface area (Å²) in [5, 5.41) is 0. The second-order valence-corrected chi connectivity index (χ2v) is 3.65. The fraction of sp³-hybridized carbons (Fsp3) is 0.667. The molecule has 68 valence electrons. The fourth-order valence-electron chi connectivity index (χ4n) is 1.32. The van der Waals surface area contributed by atoms with Gasteiger partial charge in [0.25, 0.3) is 0 Å². The number of carbonyl (C=O) groups is 1. The van der Waals surface area contributed by atoms with Crippen LogP contribution in [-0.4, -0.2) is 17.5 Å². The van der Waals surface area contributed by atoms with Crippen molar-refractivity contribution in [2.24, 2.45) is 0 Å². The molecule has 0 aromatic heterocycles. The van der Waals surface area contributed by atoms with Crippen LogP contribution in [0.2, 0.25) is 0 Å². The first-order valence-electron chi connectivity index (χ1n) is 4.12. The molecule has 12 heavy (non-hydrogen) atoms. The highest BCUT2D eigenvalue weighted by molar-refractivity contribution is 6.17. The van der Waals surface area contributed by atoms with E-state index >= 15 is 0 Å². The van der Waals surface area contributed by atoms with Crippen molar-refractivity contribution in [3.05, 3.63) is 12.2 Å². The number of hydrogen-bond donors (Lipinski definition) is 0. The number of alkyl halides is 1. The normalized spacial score (nSPS) is 28.7. The topological polar surface area (TPSA) is 26.3 Å². The van der Waals surface area contributed by atoms with Gasteiger partial charge in [0.2, 0.25) is 0 Å². The monoisotopic (exact) mass is 188 g/mol. The molecule has 0 amide bonds. The summed E-state index contributed by atoms with van der Waals surface area (Å²) in [6, 6.07) is 0. The van der Waals surface area contributed by atoms with E-state index in [-0.39, 0.29) is 11.6 Å². The minimum atomic E-state index is -0.319. The number of carbonyl (C=O) groups excluding carboxylic acids is 1. The van der Waals surface area contributed by atoms with Gasteiger partial charge < -0.3 is 4.74 Å². The maximum atomic E-state index is 10.9. The zero-order valence-electron chi connectivity index (χ0n) is 7.18. The molecule has 1 unspecified atom stereocenters. The van der Waals surface area contributed by atoms with E-state index in [1.165, 1.54) is 6.08 Å². The highest BCUT2D eigenvalue weighted by Gasteiger charge is 2.28. The van der Waals surface area contributed by atoms with E-state index in [0.29, 0.717) is 5.88 Å². The van der Waals surface area contributed by atoms with Crippen LogP contribution < -0.4 is 0 Å². The Morgan fingerprint density at radius 2 is 2.50 bits per heavy atom. The molecule has 3 heteroatoms. The molecular weight excluding hydrogens is 176 g/mol. The largest absolute Gasteiger partial charge is 0.456 e. The zero-order chi connectivity index (χ0) is 9.03. The van der Waals surface area contributed by atoms with Crippen LogP contribution in [0.3, 0.4) is 0 Å². The van der Waals surface area contributed by atoms with Crippen molar-refractivity contribution < 1.29 is 9.53 Å². The molecule has 0 radical (unpaired) electrons. The van der Waals surface area contributed by atoms with E-state index in [9.17, 15) is 4.79 Å². The quantitative estimate of drug-likeness (QED) is 0.502. The zero-order valence-corrected chi connectivity index (χ0v) is 7.93. The Bertz CT molecular complexity index is 201. The van der Waals surface area contributed by atoms with Gasteiger partial charge in [-0.2, -0.15) is 0 Å². The Kier molecular flexibility index (Phi) is 3.15. The number of halogens is 1. The molecule has 0 N–H and O–H groups in total. The van der Waals surface area contributed by atoms with Crippen molar-refractivity contribution in [3.63, 3.8) is 0 Å². The minimum absolute atomic E-state index is 0.238. The van der Waals surface area contributed by atoms with Crippen molar-refractivity contribution in [2.45, 2.75) is 31.8 Å². The van der Waals surface area contributed by atoms with Crippen LogP contribution in [0.1, 0.15) is 26.2 Å². The summed E-state index contributed by atoms with van der Waals surface area (Å²) in [5.74, 6) is 0.384. The van der Waals surface area contributed by atoms with Gasteiger partial charge in [0.1, 0.15) is 5.60 Å². The standard InChI is InChI=1S/C9H13ClO2/c1-9(6-3-7-10)5-2-4-8(11)12-9/h2,4H,3,5-7H2,1H3. The van der Waals surface area contributed by atoms with Crippen LogP contribution in [-0.2, 0) is 9.53 Å². The Hall–Kier alpha value is -0.500. The third-order valence-corrected chi connectivity index (χ3v) is 2.26. The van der Waals surface area contributed by atoms with Gasteiger partial charge in [-0.1, -0.05) is 6.08 Å². The van der Waals surface area contributed by atoms with Gasteiger partial charge >= 0.3 is 5.97 Å². The molecule has 0 saturated heterocycles. The maximum Gasteiger partial charge on any atom is 0.330 e. The van der Waals surface area contributed by atoms with Gasteiger partial charge in [0, 0.05) is 18.4 Å². The van der Waals surface area contributed by atoms with Gasteiger partial charge in [-0.25, -0.2) is 4.79 Å². The number of esters is 1. The van der Waals surface area contributed by atoms with Crippen LogP contribution in [0, 0.1) is 0 Å². The molecule has 1 aliphatic heterocycles. The van der Waals surface area contributed by atoms with Gasteiger partial charge in [0.05, 0.1) is 0 Å². The van der Waals surface area contributed by atoms with E-state index < -0.39 is 0 Å². The van der Waals surface area contributed by atoms with E-state index in [1.54, 1.807) is 0 Å². The summed E-state index contributed by atoms with van der Waals surface area (Å²) >= 11 is 5.56. The molecule has 0 aromatic rings. The SMILES string of the molecule is CC1(CCCCl)CC=CC(=O)O1. The lowest BCUT2D eigenvalue weighted by atomic mass is 9.94. The molecule has 1 aliphatic rings. The van der Waals surface area contributed by atoms with Gasteiger partial charge in [-0.3, -0.25) is 0 Å². The van der Waals surface area contributed by atoms with E-state index in [1.807, 2.05) is 13.0 Å². The number of cyclic esters (lactones) is 1. The number of hydrogen-bond acceptors (Lipinski definition) is 2. The summed E-state index contributed by atoms with van der Waals surface area (Å²) in [6.07, 6.45) is 5.86. The summed E-state index contributed by atoms with van der Waals surface area (Å²) in [4.78, 5) is 10.9. The Labute approximate surface area is 77.5 Å². The highest BCUT2D eigenvalue weighted by Crippen LogP contribution is 2.26. The molecule has 2 nitrogen and oxygen atoms in total. The molecule has 0 saturated carbocycles. The van der Waals surface area contributed by atoms with Crippen LogP contribution in [0.4, 0.5) is 0 Å². The predicted molar refractivity (Wildman–Crippen MR) is 48.2 cm³/mol. The lowest BCUT2D eigenvalue weighted by Gasteiger charge is -2.30. The smallest absolute Gasteiger partial charge is 0.330 e. The van der Waals surface area contributed by atoms with Crippen molar-refractivity contribution in [3.8, 4) is 0 Å². The molecule has 1 heterocycles. The third kappa shape index (κ3) is 2.52. The molecular formula is C9H13ClO2. The third-order valence-electron chi connectivity index (χ3n) is 1.99. The van der Waals surface area contributed by atoms with Gasteiger partial charge in [-0.05, 0) is 19.8 Å². The molecule has 0 bridgehead atoms. The average molecular weight is 189 g/mol.